The van der Waals surface area contributed by atoms with E-state index in [0.717, 1.165) is 11.1 Å². The van der Waals surface area contributed by atoms with Gasteiger partial charge in [0.2, 0.25) is 0 Å². The number of aliphatic hydroxyl groups excluding tert-OH is 1. The van der Waals surface area contributed by atoms with Crippen molar-refractivity contribution >= 4 is 5.78 Å². The van der Waals surface area contributed by atoms with Crippen molar-refractivity contribution in [3.63, 3.8) is 0 Å². The van der Waals surface area contributed by atoms with Crippen molar-refractivity contribution in [1.82, 2.24) is 5.32 Å². The number of methoxy groups -OCH3 is 1. The highest BCUT2D eigenvalue weighted by molar-refractivity contribution is 5.96. The minimum Gasteiger partial charge on any atom is -0.493 e. The van der Waals surface area contributed by atoms with Gasteiger partial charge in [0.1, 0.15) is 12.7 Å². The molecule has 0 aromatic heterocycles. The fourth-order valence-electron chi connectivity index (χ4n) is 2.68. The van der Waals surface area contributed by atoms with Crippen LogP contribution in [0.3, 0.4) is 0 Å². The van der Waals surface area contributed by atoms with Gasteiger partial charge in [0.05, 0.1) is 7.11 Å². The molecule has 2 rings (SSSR count). The van der Waals surface area contributed by atoms with Crippen LogP contribution in [0.2, 0.25) is 0 Å². The van der Waals surface area contributed by atoms with Crippen molar-refractivity contribution in [2.45, 2.75) is 45.3 Å². The van der Waals surface area contributed by atoms with Gasteiger partial charge in [-0.15, -0.1) is 0 Å². The summed E-state index contributed by atoms with van der Waals surface area (Å²) in [6, 6.07) is 14.9. The lowest BCUT2D eigenvalue weighted by molar-refractivity contribution is 0.0981. The topological polar surface area (TPSA) is 67.8 Å². The van der Waals surface area contributed by atoms with Gasteiger partial charge in [-0.3, -0.25) is 4.79 Å². The van der Waals surface area contributed by atoms with Crippen molar-refractivity contribution in [2.24, 2.45) is 0 Å². The molecule has 0 fully saturated rings. The van der Waals surface area contributed by atoms with Gasteiger partial charge in [-0.05, 0) is 44.9 Å². The first-order chi connectivity index (χ1) is 13.3. The van der Waals surface area contributed by atoms with E-state index in [9.17, 15) is 9.90 Å². The molecule has 0 saturated heterocycles. The number of hydrogen-bond donors (Lipinski definition) is 2. The van der Waals surface area contributed by atoms with Gasteiger partial charge in [-0.25, -0.2) is 0 Å². The Kier molecular flexibility index (Phi) is 8.03. The second kappa shape index (κ2) is 10.2. The zero-order valence-electron chi connectivity index (χ0n) is 17.2. The monoisotopic (exact) mass is 385 g/mol. The van der Waals surface area contributed by atoms with Gasteiger partial charge >= 0.3 is 0 Å². The quantitative estimate of drug-likeness (QED) is 0.611. The van der Waals surface area contributed by atoms with E-state index in [4.69, 9.17) is 9.47 Å². The summed E-state index contributed by atoms with van der Waals surface area (Å²) in [6.45, 7) is 6.74. The van der Waals surface area contributed by atoms with E-state index in [2.05, 4.69) is 5.32 Å². The molecule has 1 unspecified atom stereocenters. The molecule has 2 N–H and O–H groups in total. The van der Waals surface area contributed by atoms with E-state index < -0.39 is 6.10 Å². The summed E-state index contributed by atoms with van der Waals surface area (Å²) in [5.74, 6) is 1.29. The number of benzene rings is 2. The summed E-state index contributed by atoms with van der Waals surface area (Å²) in [7, 11) is 1.58. The van der Waals surface area contributed by atoms with E-state index in [0.29, 0.717) is 30.9 Å². The first-order valence-electron chi connectivity index (χ1n) is 9.59. The van der Waals surface area contributed by atoms with E-state index in [-0.39, 0.29) is 17.9 Å². The zero-order valence-corrected chi connectivity index (χ0v) is 17.2. The molecule has 0 bridgehead atoms. The molecule has 0 saturated carbocycles. The Morgan fingerprint density at radius 2 is 1.82 bits per heavy atom. The molecule has 0 radical (unpaired) electrons. The fourth-order valence-corrected chi connectivity index (χ4v) is 2.68. The highest BCUT2D eigenvalue weighted by Gasteiger charge is 2.14. The number of aryl methyl sites for hydroxylation is 1. The largest absolute Gasteiger partial charge is 0.493 e. The number of rotatable bonds is 10. The van der Waals surface area contributed by atoms with Crippen LogP contribution >= 0.6 is 0 Å². The SMILES string of the molecule is COc1ccc(CCC(=O)c2ccccc2)cc1OCC(O)CNC(C)(C)C. The van der Waals surface area contributed by atoms with Crippen LogP contribution in [0.25, 0.3) is 0 Å². The average molecular weight is 386 g/mol. The fraction of sp³-hybridized carbons (Fsp3) is 0.435. The number of nitrogens with one attached hydrogen (secondary N) is 1. The number of ketones is 1. The minimum atomic E-state index is -0.632. The normalized spacial score (nSPS) is 12.5. The molecule has 0 amide bonds. The van der Waals surface area contributed by atoms with Gasteiger partial charge in [-0.1, -0.05) is 36.4 Å². The molecule has 0 aliphatic rings. The third-order valence-electron chi connectivity index (χ3n) is 4.26. The highest BCUT2D eigenvalue weighted by atomic mass is 16.5. The maximum Gasteiger partial charge on any atom is 0.163 e. The second-order valence-electron chi connectivity index (χ2n) is 7.87. The van der Waals surface area contributed by atoms with Gasteiger partial charge in [0.25, 0.3) is 0 Å². The van der Waals surface area contributed by atoms with Crippen molar-refractivity contribution in [2.75, 3.05) is 20.3 Å². The van der Waals surface area contributed by atoms with E-state index in [1.54, 1.807) is 7.11 Å². The predicted octanol–water partition coefficient (Wildman–Crippen LogP) is 3.64. The number of β-amino-alcohol motifs (C(OH)–C–C–N with tert-alkyl or cyclic N) is 1. The summed E-state index contributed by atoms with van der Waals surface area (Å²) in [4.78, 5) is 12.3. The summed E-state index contributed by atoms with van der Waals surface area (Å²) < 4.78 is 11.1. The van der Waals surface area contributed by atoms with Crippen LogP contribution in [0.4, 0.5) is 0 Å². The molecule has 0 heterocycles. The number of ether oxygens (including phenoxy) is 2. The summed E-state index contributed by atoms with van der Waals surface area (Å²) in [6.07, 6.45) is 0.406. The number of carbonyl (C=O) groups is 1. The molecule has 0 aliphatic carbocycles. The van der Waals surface area contributed by atoms with Crippen LogP contribution in [-0.4, -0.2) is 42.8 Å². The standard InChI is InChI=1S/C23H31NO4/c1-23(2,3)24-15-19(25)16-28-22-14-17(11-13-21(22)27-4)10-12-20(26)18-8-6-5-7-9-18/h5-9,11,13-14,19,24-25H,10,12,15-16H2,1-4H3. The lowest BCUT2D eigenvalue weighted by atomic mass is 10.0. The van der Waals surface area contributed by atoms with Crippen molar-refractivity contribution in [1.29, 1.82) is 0 Å². The molecule has 2 aromatic rings. The Bertz CT molecular complexity index is 753. The van der Waals surface area contributed by atoms with Gasteiger partial charge in [-0.2, -0.15) is 0 Å². The van der Waals surface area contributed by atoms with Crippen LogP contribution in [-0.2, 0) is 6.42 Å². The van der Waals surface area contributed by atoms with Crippen LogP contribution in [0.5, 0.6) is 11.5 Å². The van der Waals surface area contributed by atoms with Crippen LogP contribution in [0.1, 0.15) is 43.1 Å². The highest BCUT2D eigenvalue weighted by Crippen LogP contribution is 2.29. The third-order valence-corrected chi connectivity index (χ3v) is 4.26. The van der Waals surface area contributed by atoms with Crippen LogP contribution in [0, 0.1) is 0 Å². The number of hydrogen-bond acceptors (Lipinski definition) is 5. The molecule has 0 aliphatic heterocycles. The molecule has 1 atom stereocenters. The van der Waals surface area contributed by atoms with Crippen LogP contribution in [0.15, 0.2) is 48.5 Å². The molecular weight excluding hydrogens is 354 g/mol. The maximum atomic E-state index is 12.3. The van der Waals surface area contributed by atoms with Crippen molar-refractivity contribution in [3.05, 3.63) is 59.7 Å². The zero-order chi connectivity index (χ0) is 20.6. The van der Waals surface area contributed by atoms with E-state index >= 15 is 0 Å². The molecule has 28 heavy (non-hydrogen) atoms. The summed E-state index contributed by atoms with van der Waals surface area (Å²) in [5.41, 5.74) is 1.65. The van der Waals surface area contributed by atoms with Crippen molar-refractivity contribution < 1.29 is 19.4 Å². The summed E-state index contributed by atoms with van der Waals surface area (Å²) in [5, 5.41) is 13.4. The van der Waals surface area contributed by atoms with E-state index in [1.807, 2.05) is 69.3 Å². The van der Waals surface area contributed by atoms with E-state index in [1.165, 1.54) is 0 Å². The number of carbonyl (C=O) groups excluding carboxylic acids is 1. The van der Waals surface area contributed by atoms with Crippen molar-refractivity contribution in [3.8, 4) is 11.5 Å². The third kappa shape index (κ3) is 7.33. The Balaban J connectivity index is 1.94. The number of Topliss-reactive ketones (excluding diaryl/α,β-unsaturated/α-hetero) is 1. The number of aliphatic hydroxyl groups is 1. The molecule has 152 valence electrons. The average Bonchev–Trinajstić information content (AvgIpc) is 2.69. The Morgan fingerprint density at radius 1 is 1.11 bits per heavy atom. The maximum absolute atomic E-state index is 12.3. The van der Waals surface area contributed by atoms with Gasteiger partial charge in [0.15, 0.2) is 17.3 Å². The summed E-state index contributed by atoms with van der Waals surface area (Å²) >= 11 is 0. The van der Waals surface area contributed by atoms with Crippen LogP contribution < -0.4 is 14.8 Å². The smallest absolute Gasteiger partial charge is 0.163 e. The molecule has 0 spiro atoms. The lowest BCUT2D eigenvalue weighted by Gasteiger charge is -2.23. The minimum absolute atomic E-state index is 0.0656. The molecule has 5 heteroatoms. The molecule has 2 aromatic carbocycles. The lowest BCUT2D eigenvalue weighted by Crippen LogP contribution is -2.42. The first kappa shape index (κ1) is 21.9. The molecule has 5 nitrogen and oxygen atoms in total. The molecular formula is C23H31NO4. The van der Waals surface area contributed by atoms with Gasteiger partial charge in [0, 0.05) is 24.1 Å². The Morgan fingerprint density at radius 3 is 2.46 bits per heavy atom. The first-order valence-corrected chi connectivity index (χ1v) is 9.59. The Hall–Kier alpha value is -2.37. The predicted molar refractivity (Wildman–Crippen MR) is 111 cm³/mol. The Labute approximate surface area is 167 Å². The van der Waals surface area contributed by atoms with Gasteiger partial charge < -0.3 is 19.9 Å². The second-order valence-corrected chi connectivity index (χ2v) is 7.87.